The van der Waals surface area contributed by atoms with Crippen molar-refractivity contribution in [1.29, 1.82) is 0 Å². The number of benzene rings is 1. The molecular weight excluding hydrogens is 302 g/mol. The number of piperazine rings is 1. The highest BCUT2D eigenvalue weighted by Crippen LogP contribution is 2.15. The van der Waals surface area contributed by atoms with E-state index in [1.165, 1.54) is 12.8 Å². The monoisotopic (exact) mass is 331 g/mol. The van der Waals surface area contributed by atoms with Crippen LogP contribution in [0.15, 0.2) is 48.1 Å². The number of ether oxygens (including phenoxy) is 1. The van der Waals surface area contributed by atoms with E-state index < -0.39 is 0 Å². The van der Waals surface area contributed by atoms with Crippen LogP contribution in [0.1, 0.15) is 12.8 Å². The van der Waals surface area contributed by atoms with Gasteiger partial charge in [-0.25, -0.2) is 0 Å². The summed E-state index contributed by atoms with van der Waals surface area (Å²) in [6, 6.07) is 10.7. The minimum atomic E-state index is 0.465. The largest absolute Gasteiger partial charge is 0.399 e. The highest BCUT2D eigenvalue weighted by molar-refractivity contribution is 5.95. The summed E-state index contributed by atoms with van der Waals surface area (Å²) < 4.78 is 5.59. The average molecular weight is 331 g/mol. The molecule has 1 aliphatic heterocycles. The molecule has 0 unspecified atom stereocenters. The van der Waals surface area contributed by atoms with Gasteiger partial charge in [-0.1, -0.05) is 29.9 Å². The van der Waals surface area contributed by atoms with Gasteiger partial charge in [0.2, 0.25) is 0 Å². The molecule has 1 aromatic carbocycles. The van der Waals surface area contributed by atoms with Crippen LogP contribution in [-0.4, -0.2) is 63.7 Å². The second-order valence-electron chi connectivity index (χ2n) is 5.89. The molecule has 5 heteroatoms. The van der Waals surface area contributed by atoms with Crippen molar-refractivity contribution >= 4 is 11.4 Å². The van der Waals surface area contributed by atoms with Crippen LogP contribution in [-0.2, 0) is 9.57 Å². The second-order valence-corrected chi connectivity index (χ2v) is 5.89. The van der Waals surface area contributed by atoms with Crippen LogP contribution in [0.4, 0.5) is 5.69 Å². The lowest BCUT2D eigenvalue weighted by atomic mass is 10.2. The van der Waals surface area contributed by atoms with Crippen molar-refractivity contribution in [3.63, 3.8) is 0 Å². The molecule has 1 saturated heterocycles. The van der Waals surface area contributed by atoms with Gasteiger partial charge in [-0.3, -0.25) is 4.90 Å². The lowest BCUT2D eigenvalue weighted by Crippen LogP contribution is -2.46. The van der Waals surface area contributed by atoms with Gasteiger partial charge in [0.1, 0.15) is 12.8 Å². The summed E-state index contributed by atoms with van der Waals surface area (Å²) in [6.45, 7) is 10.5. The van der Waals surface area contributed by atoms with E-state index >= 15 is 0 Å². The molecule has 0 bridgehead atoms. The fraction of sp³-hybridized carbons (Fsp3) is 0.526. The molecular formula is C19H29N3O2. The Labute approximate surface area is 145 Å². The molecule has 0 radical (unpaired) electrons. The van der Waals surface area contributed by atoms with E-state index in [0.29, 0.717) is 6.61 Å². The molecule has 0 saturated carbocycles. The number of nitrogens with zero attached hydrogens (tertiary/aromatic N) is 3. The minimum Gasteiger partial charge on any atom is -0.399 e. The Kier molecular flexibility index (Phi) is 8.35. The molecule has 0 aromatic heterocycles. The first-order valence-electron chi connectivity index (χ1n) is 8.66. The molecule has 1 aliphatic rings. The van der Waals surface area contributed by atoms with Crippen LogP contribution in [0.5, 0.6) is 0 Å². The lowest BCUT2D eigenvalue weighted by Gasteiger charge is -2.36. The Bertz CT molecular complexity index is 497. The van der Waals surface area contributed by atoms with Crippen molar-refractivity contribution in [3.8, 4) is 0 Å². The van der Waals surface area contributed by atoms with Crippen molar-refractivity contribution in [1.82, 2.24) is 4.90 Å². The first-order chi connectivity index (χ1) is 11.8. The SMILES string of the molecule is C=C/C(COCCCCN1CCN(c2ccccc2)CC1)=N\OC. The minimum absolute atomic E-state index is 0.465. The summed E-state index contributed by atoms with van der Waals surface area (Å²) in [7, 11) is 1.53. The Morgan fingerprint density at radius 2 is 1.92 bits per heavy atom. The molecule has 0 amide bonds. The average Bonchev–Trinajstić information content (AvgIpc) is 2.65. The summed E-state index contributed by atoms with van der Waals surface area (Å²) in [6.07, 6.45) is 3.89. The zero-order valence-corrected chi connectivity index (χ0v) is 14.7. The maximum Gasteiger partial charge on any atom is 0.106 e. The molecule has 0 spiro atoms. The molecule has 0 aliphatic carbocycles. The fourth-order valence-corrected chi connectivity index (χ4v) is 2.82. The van der Waals surface area contributed by atoms with Gasteiger partial charge in [0.25, 0.3) is 0 Å². The van der Waals surface area contributed by atoms with Gasteiger partial charge in [-0.05, 0) is 37.6 Å². The van der Waals surface area contributed by atoms with E-state index in [9.17, 15) is 0 Å². The van der Waals surface area contributed by atoms with Crippen molar-refractivity contribution in [2.24, 2.45) is 5.16 Å². The Balaban J connectivity index is 1.54. The van der Waals surface area contributed by atoms with Crippen LogP contribution >= 0.6 is 0 Å². The van der Waals surface area contributed by atoms with Crippen LogP contribution in [0.25, 0.3) is 0 Å². The van der Waals surface area contributed by atoms with Crippen molar-refractivity contribution in [2.45, 2.75) is 12.8 Å². The van der Waals surface area contributed by atoms with Crippen molar-refractivity contribution in [3.05, 3.63) is 43.0 Å². The highest BCUT2D eigenvalue weighted by Gasteiger charge is 2.16. The molecule has 1 fully saturated rings. The van der Waals surface area contributed by atoms with Gasteiger partial charge >= 0.3 is 0 Å². The Morgan fingerprint density at radius 1 is 1.17 bits per heavy atom. The Hall–Kier alpha value is -1.85. The van der Waals surface area contributed by atoms with Gasteiger partial charge < -0.3 is 14.5 Å². The van der Waals surface area contributed by atoms with Crippen LogP contribution in [0.3, 0.4) is 0 Å². The summed E-state index contributed by atoms with van der Waals surface area (Å²) in [5.74, 6) is 0. The number of anilines is 1. The quantitative estimate of drug-likeness (QED) is 0.375. The number of hydrogen-bond acceptors (Lipinski definition) is 5. The molecule has 0 N–H and O–H groups in total. The first kappa shape index (κ1) is 18.5. The van der Waals surface area contributed by atoms with Gasteiger partial charge in [0, 0.05) is 38.5 Å². The molecule has 2 rings (SSSR count). The second kappa shape index (κ2) is 10.8. The zero-order chi connectivity index (χ0) is 17.0. The maximum atomic E-state index is 5.59. The van der Waals surface area contributed by atoms with Crippen molar-refractivity contribution < 1.29 is 9.57 Å². The maximum absolute atomic E-state index is 5.59. The topological polar surface area (TPSA) is 37.3 Å². The zero-order valence-electron chi connectivity index (χ0n) is 14.7. The van der Waals surface area contributed by atoms with Gasteiger partial charge in [-0.2, -0.15) is 0 Å². The molecule has 0 atom stereocenters. The fourth-order valence-electron chi connectivity index (χ4n) is 2.82. The highest BCUT2D eigenvalue weighted by atomic mass is 16.6. The van der Waals surface area contributed by atoms with E-state index in [0.717, 1.165) is 57.9 Å². The number of hydrogen-bond donors (Lipinski definition) is 0. The van der Waals surface area contributed by atoms with Gasteiger partial charge in [0.05, 0.1) is 6.61 Å². The summed E-state index contributed by atoms with van der Waals surface area (Å²) >= 11 is 0. The lowest BCUT2D eigenvalue weighted by molar-refractivity contribution is 0.154. The number of rotatable bonds is 10. The third kappa shape index (κ3) is 6.34. The van der Waals surface area contributed by atoms with Gasteiger partial charge in [0.15, 0.2) is 0 Å². The standard InChI is InChI=1S/C19H29N3O2/c1-3-18(20-23-2)17-24-16-8-7-11-21-12-14-22(15-13-21)19-9-5-4-6-10-19/h3-6,9-10H,1,7-8,11-17H2,2H3/b20-18+. The molecule has 24 heavy (non-hydrogen) atoms. The molecule has 1 heterocycles. The van der Waals surface area contributed by atoms with Crippen LogP contribution < -0.4 is 4.90 Å². The normalized spacial score (nSPS) is 16.2. The first-order valence-corrected chi connectivity index (χ1v) is 8.66. The third-order valence-electron chi connectivity index (χ3n) is 4.20. The van der Waals surface area contributed by atoms with E-state index in [1.807, 2.05) is 0 Å². The van der Waals surface area contributed by atoms with E-state index in [1.54, 1.807) is 6.08 Å². The summed E-state index contributed by atoms with van der Waals surface area (Å²) in [5.41, 5.74) is 2.07. The summed E-state index contributed by atoms with van der Waals surface area (Å²) in [5, 5.41) is 3.83. The van der Waals surface area contributed by atoms with Crippen molar-refractivity contribution in [2.75, 3.05) is 57.9 Å². The van der Waals surface area contributed by atoms with Crippen LogP contribution in [0.2, 0.25) is 0 Å². The third-order valence-corrected chi connectivity index (χ3v) is 4.20. The smallest absolute Gasteiger partial charge is 0.106 e. The number of oxime groups is 1. The predicted octanol–water partition coefficient (Wildman–Crippen LogP) is 2.79. The number of unbranched alkanes of at least 4 members (excludes halogenated alkanes) is 1. The van der Waals surface area contributed by atoms with Gasteiger partial charge in [-0.15, -0.1) is 0 Å². The molecule has 5 nitrogen and oxygen atoms in total. The van der Waals surface area contributed by atoms with E-state index in [4.69, 9.17) is 9.57 Å². The molecule has 132 valence electrons. The number of para-hydroxylation sites is 1. The van der Waals surface area contributed by atoms with Crippen LogP contribution in [0, 0.1) is 0 Å². The Morgan fingerprint density at radius 3 is 2.58 bits per heavy atom. The summed E-state index contributed by atoms with van der Waals surface area (Å²) in [4.78, 5) is 9.73. The van der Waals surface area contributed by atoms with E-state index in [2.05, 4.69) is 51.9 Å². The molecule has 1 aromatic rings. The van der Waals surface area contributed by atoms with E-state index in [-0.39, 0.29) is 0 Å². The predicted molar refractivity (Wildman–Crippen MR) is 99.8 cm³/mol.